The Hall–Kier alpha value is -1.55. The summed E-state index contributed by atoms with van der Waals surface area (Å²) in [5.41, 5.74) is 7.79. The van der Waals surface area contributed by atoms with E-state index in [4.69, 9.17) is 5.73 Å². The zero-order valence-corrected chi connectivity index (χ0v) is 10.1. The molecule has 1 aliphatic rings. The van der Waals surface area contributed by atoms with Gasteiger partial charge in [0, 0.05) is 25.8 Å². The normalized spacial score (nSPS) is 19.4. The molecule has 0 bridgehead atoms. The second-order valence-corrected chi connectivity index (χ2v) is 4.34. The van der Waals surface area contributed by atoms with E-state index >= 15 is 0 Å². The maximum Gasteiger partial charge on any atom is 0.242 e. The highest BCUT2D eigenvalue weighted by Gasteiger charge is 2.29. The number of hydrogen-bond donors (Lipinski definition) is 2. The Morgan fingerprint density at radius 3 is 2.76 bits per heavy atom. The summed E-state index contributed by atoms with van der Waals surface area (Å²) in [6.07, 6.45) is 2.00. The Labute approximate surface area is 102 Å². The minimum atomic E-state index is -0.0243. The van der Waals surface area contributed by atoms with Gasteiger partial charge in [-0.2, -0.15) is 0 Å². The van der Waals surface area contributed by atoms with E-state index < -0.39 is 0 Å². The molecule has 1 aromatic rings. The molecule has 4 nitrogen and oxygen atoms in total. The van der Waals surface area contributed by atoms with Crippen LogP contribution in [0.3, 0.4) is 0 Å². The van der Waals surface area contributed by atoms with Gasteiger partial charge in [-0.25, -0.2) is 0 Å². The van der Waals surface area contributed by atoms with Crippen molar-refractivity contribution >= 4 is 11.6 Å². The predicted octanol–water partition coefficient (Wildman–Crippen LogP) is 0.860. The van der Waals surface area contributed by atoms with Crippen molar-refractivity contribution in [1.82, 2.24) is 5.32 Å². The number of carbonyl (C=O) groups is 1. The molecule has 17 heavy (non-hydrogen) atoms. The second-order valence-electron chi connectivity index (χ2n) is 4.34. The van der Waals surface area contributed by atoms with Crippen LogP contribution in [0.2, 0.25) is 0 Å². The number of rotatable bonds is 3. The summed E-state index contributed by atoms with van der Waals surface area (Å²) in [7, 11) is 1.69. The Balaban J connectivity index is 2.17. The van der Waals surface area contributed by atoms with Crippen molar-refractivity contribution < 1.29 is 4.79 Å². The van der Waals surface area contributed by atoms with Gasteiger partial charge in [-0.3, -0.25) is 4.79 Å². The molecule has 4 heteroatoms. The average molecular weight is 233 g/mol. The van der Waals surface area contributed by atoms with Crippen LogP contribution in [-0.4, -0.2) is 25.5 Å². The fraction of sp³-hybridized carbons (Fsp3) is 0.462. The molecule has 1 saturated heterocycles. The predicted molar refractivity (Wildman–Crippen MR) is 68.8 cm³/mol. The van der Waals surface area contributed by atoms with Crippen molar-refractivity contribution in [3.8, 4) is 0 Å². The highest BCUT2D eigenvalue weighted by atomic mass is 16.2. The summed E-state index contributed by atoms with van der Waals surface area (Å²) >= 11 is 0. The number of hydrogen-bond acceptors (Lipinski definition) is 3. The summed E-state index contributed by atoms with van der Waals surface area (Å²) in [5.74, 6) is 0.102. The Bertz CT molecular complexity index is 388. The number of nitrogens with one attached hydrogen (secondary N) is 1. The minimum absolute atomic E-state index is 0.0243. The first-order valence-electron chi connectivity index (χ1n) is 6.03. The molecular formula is C13H19N3O. The van der Waals surface area contributed by atoms with Gasteiger partial charge in [-0.15, -0.1) is 0 Å². The van der Waals surface area contributed by atoms with Crippen LogP contribution in [0.5, 0.6) is 0 Å². The van der Waals surface area contributed by atoms with Gasteiger partial charge in [0.05, 0.1) is 0 Å². The molecule has 3 N–H and O–H groups in total. The molecule has 0 saturated carbocycles. The molecule has 1 amide bonds. The fourth-order valence-corrected chi connectivity index (χ4v) is 2.34. The molecule has 1 fully saturated rings. The van der Waals surface area contributed by atoms with E-state index in [0.29, 0.717) is 6.54 Å². The third kappa shape index (κ3) is 2.42. The summed E-state index contributed by atoms with van der Waals surface area (Å²) in [6, 6.07) is 8.11. The number of nitrogens with two attached hydrogens (primary N) is 1. The first kappa shape index (κ1) is 11.9. The topological polar surface area (TPSA) is 58.4 Å². The number of likely N-dealkylation sites (N-methyl/N-ethyl adjacent to an activating group) is 1. The van der Waals surface area contributed by atoms with E-state index in [1.165, 1.54) is 0 Å². The number of anilines is 1. The molecule has 1 unspecified atom stereocenters. The third-order valence-electron chi connectivity index (χ3n) is 3.31. The molecule has 0 radical (unpaired) electrons. The van der Waals surface area contributed by atoms with E-state index in [1.54, 1.807) is 7.05 Å². The van der Waals surface area contributed by atoms with Gasteiger partial charge in [-0.05, 0) is 30.5 Å². The molecule has 1 heterocycles. The maximum atomic E-state index is 11.7. The van der Waals surface area contributed by atoms with E-state index in [1.807, 2.05) is 24.3 Å². The molecule has 0 aromatic heterocycles. The monoisotopic (exact) mass is 233 g/mol. The van der Waals surface area contributed by atoms with Crippen molar-refractivity contribution in [1.29, 1.82) is 0 Å². The summed E-state index contributed by atoms with van der Waals surface area (Å²) in [4.78, 5) is 13.9. The van der Waals surface area contributed by atoms with Crippen LogP contribution in [0, 0.1) is 0 Å². The number of benzene rings is 1. The first-order valence-corrected chi connectivity index (χ1v) is 6.03. The third-order valence-corrected chi connectivity index (χ3v) is 3.31. The van der Waals surface area contributed by atoms with Gasteiger partial charge in [0.25, 0.3) is 0 Å². The van der Waals surface area contributed by atoms with Crippen LogP contribution in [0.4, 0.5) is 5.69 Å². The lowest BCUT2D eigenvalue weighted by Crippen LogP contribution is -2.41. The molecule has 0 aliphatic carbocycles. The summed E-state index contributed by atoms with van der Waals surface area (Å²) in [5, 5.41) is 2.73. The number of amides is 1. The van der Waals surface area contributed by atoms with Crippen molar-refractivity contribution in [2.24, 2.45) is 5.73 Å². The van der Waals surface area contributed by atoms with Crippen molar-refractivity contribution in [3.05, 3.63) is 29.8 Å². The summed E-state index contributed by atoms with van der Waals surface area (Å²) < 4.78 is 0. The average Bonchev–Trinajstić information content (AvgIpc) is 2.87. The second kappa shape index (κ2) is 5.19. The van der Waals surface area contributed by atoms with Gasteiger partial charge in [0.15, 0.2) is 0 Å². The number of nitrogens with zero attached hydrogens (tertiary/aromatic N) is 1. The van der Waals surface area contributed by atoms with Gasteiger partial charge in [0.1, 0.15) is 6.04 Å². The largest absolute Gasteiger partial charge is 0.360 e. The first-order chi connectivity index (χ1) is 8.26. The van der Waals surface area contributed by atoms with E-state index in [9.17, 15) is 4.79 Å². The maximum absolute atomic E-state index is 11.7. The van der Waals surface area contributed by atoms with Crippen LogP contribution in [0.25, 0.3) is 0 Å². The van der Waals surface area contributed by atoms with Gasteiger partial charge < -0.3 is 16.0 Å². The zero-order chi connectivity index (χ0) is 12.3. The molecule has 1 aromatic carbocycles. The van der Waals surface area contributed by atoms with E-state index in [-0.39, 0.29) is 11.9 Å². The van der Waals surface area contributed by atoms with Crippen LogP contribution in [-0.2, 0) is 11.3 Å². The molecule has 1 atom stereocenters. The Kier molecular flexibility index (Phi) is 3.64. The fourth-order valence-electron chi connectivity index (χ4n) is 2.34. The van der Waals surface area contributed by atoms with Gasteiger partial charge in [0.2, 0.25) is 5.91 Å². The Morgan fingerprint density at radius 1 is 1.47 bits per heavy atom. The van der Waals surface area contributed by atoms with Crippen LogP contribution in [0.15, 0.2) is 24.3 Å². The minimum Gasteiger partial charge on any atom is -0.360 e. The van der Waals surface area contributed by atoms with Crippen molar-refractivity contribution in [3.63, 3.8) is 0 Å². The number of carbonyl (C=O) groups excluding carboxylic acids is 1. The van der Waals surface area contributed by atoms with E-state index in [0.717, 1.165) is 30.6 Å². The molecule has 0 spiro atoms. The summed E-state index contributed by atoms with van der Waals surface area (Å²) in [6.45, 7) is 1.50. The van der Waals surface area contributed by atoms with Crippen LogP contribution in [0.1, 0.15) is 18.4 Å². The lowest BCUT2D eigenvalue weighted by atomic mass is 10.1. The highest BCUT2D eigenvalue weighted by molar-refractivity contribution is 5.85. The SMILES string of the molecule is CNC(=O)C1CCCN1c1ccc(CN)cc1. The zero-order valence-electron chi connectivity index (χ0n) is 10.1. The smallest absolute Gasteiger partial charge is 0.242 e. The van der Waals surface area contributed by atoms with Crippen LogP contribution >= 0.6 is 0 Å². The lowest BCUT2D eigenvalue weighted by Gasteiger charge is -2.25. The molecule has 1 aliphatic heterocycles. The lowest BCUT2D eigenvalue weighted by molar-refractivity contribution is -0.121. The van der Waals surface area contributed by atoms with E-state index in [2.05, 4.69) is 10.2 Å². The molecule has 92 valence electrons. The standard InChI is InChI=1S/C13H19N3O/c1-15-13(17)12-3-2-8-16(12)11-6-4-10(9-14)5-7-11/h4-7,12H,2-3,8-9,14H2,1H3,(H,15,17). The van der Waals surface area contributed by atoms with Crippen molar-refractivity contribution in [2.75, 3.05) is 18.5 Å². The van der Waals surface area contributed by atoms with Crippen molar-refractivity contribution in [2.45, 2.75) is 25.4 Å². The highest BCUT2D eigenvalue weighted by Crippen LogP contribution is 2.25. The quantitative estimate of drug-likeness (QED) is 0.814. The van der Waals surface area contributed by atoms with Crippen LogP contribution < -0.4 is 16.0 Å². The molecule has 2 rings (SSSR count). The molecular weight excluding hydrogens is 214 g/mol. The van der Waals surface area contributed by atoms with Gasteiger partial charge >= 0.3 is 0 Å². The Morgan fingerprint density at radius 2 is 2.18 bits per heavy atom. The van der Waals surface area contributed by atoms with Gasteiger partial charge in [-0.1, -0.05) is 12.1 Å².